The average molecular weight is 170 g/mol. The summed E-state index contributed by atoms with van der Waals surface area (Å²) in [5.41, 5.74) is 2.94. The molecule has 3 aliphatic heterocycles. The molecule has 0 aromatic heterocycles. The Kier molecular flexibility index (Phi) is 1.18. The Morgan fingerprint density at radius 3 is 3.33 bits per heavy atom. The number of ether oxygens (including phenoxy) is 1. The van der Waals surface area contributed by atoms with Crippen molar-refractivity contribution in [1.82, 2.24) is 10.4 Å². The molecule has 0 radical (unpaired) electrons. The molecule has 66 valence electrons. The van der Waals surface area contributed by atoms with Gasteiger partial charge in [0.1, 0.15) is 6.61 Å². The second-order valence-electron chi connectivity index (χ2n) is 3.51. The largest absolute Gasteiger partial charge is 0.447 e. The summed E-state index contributed by atoms with van der Waals surface area (Å²) in [7, 11) is 0. The summed E-state index contributed by atoms with van der Waals surface area (Å²) in [5, 5.41) is 0. The summed E-state index contributed by atoms with van der Waals surface area (Å²) in [4.78, 5) is 18.0. The smallest absolute Gasteiger partial charge is 0.410 e. The van der Waals surface area contributed by atoms with Crippen LogP contribution in [-0.2, 0) is 9.57 Å². The van der Waals surface area contributed by atoms with Gasteiger partial charge < -0.3 is 9.57 Å². The van der Waals surface area contributed by atoms with E-state index in [9.17, 15) is 4.79 Å². The van der Waals surface area contributed by atoms with Gasteiger partial charge in [0.15, 0.2) is 0 Å². The van der Waals surface area contributed by atoms with Crippen molar-refractivity contribution in [2.24, 2.45) is 5.92 Å². The van der Waals surface area contributed by atoms with E-state index in [1.807, 2.05) is 0 Å². The second-order valence-corrected chi connectivity index (χ2v) is 3.51. The molecule has 3 saturated heterocycles. The minimum atomic E-state index is -0.170. The van der Waals surface area contributed by atoms with Crippen molar-refractivity contribution < 1.29 is 14.4 Å². The Morgan fingerprint density at radius 1 is 1.50 bits per heavy atom. The Labute approximate surface area is 69.6 Å². The van der Waals surface area contributed by atoms with Gasteiger partial charge in [-0.15, -0.1) is 0 Å². The van der Waals surface area contributed by atoms with Crippen molar-refractivity contribution >= 4 is 6.09 Å². The van der Waals surface area contributed by atoms with Gasteiger partial charge in [-0.2, -0.15) is 5.48 Å². The van der Waals surface area contributed by atoms with Gasteiger partial charge in [0.2, 0.25) is 0 Å². The Balaban J connectivity index is 1.87. The molecule has 0 saturated carbocycles. The minimum absolute atomic E-state index is 0.170. The molecule has 3 atom stereocenters. The topological polar surface area (TPSA) is 50.8 Å². The molecular weight excluding hydrogens is 160 g/mol. The molecule has 0 bridgehead atoms. The van der Waals surface area contributed by atoms with E-state index < -0.39 is 0 Å². The molecule has 0 aromatic rings. The number of hydroxylamine groups is 1. The predicted octanol–water partition coefficient (Wildman–Crippen LogP) is -0.660. The molecule has 3 fully saturated rings. The van der Waals surface area contributed by atoms with Gasteiger partial charge in [0.05, 0.1) is 18.7 Å². The maximum Gasteiger partial charge on any atom is 0.410 e. The lowest BCUT2D eigenvalue weighted by molar-refractivity contribution is 0.0682. The lowest BCUT2D eigenvalue weighted by atomic mass is 10.0. The quantitative estimate of drug-likeness (QED) is 0.524. The van der Waals surface area contributed by atoms with E-state index in [0.29, 0.717) is 19.1 Å². The van der Waals surface area contributed by atoms with E-state index in [0.717, 1.165) is 6.54 Å². The van der Waals surface area contributed by atoms with E-state index in [1.165, 1.54) is 0 Å². The fourth-order valence-electron chi connectivity index (χ4n) is 2.24. The summed E-state index contributed by atoms with van der Waals surface area (Å²) in [6, 6.07) is 0.487. The molecular formula is C7H10N2O3. The van der Waals surface area contributed by atoms with Crippen LogP contribution in [0.25, 0.3) is 0 Å². The van der Waals surface area contributed by atoms with Crippen LogP contribution in [-0.4, -0.2) is 42.8 Å². The fraction of sp³-hybridized carbons (Fsp3) is 0.857. The second kappa shape index (κ2) is 2.11. The Morgan fingerprint density at radius 2 is 2.42 bits per heavy atom. The number of amides is 1. The first-order valence-electron chi connectivity index (χ1n) is 4.17. The number of hydrogen-bond donors (Lipinski definition) is 1. The lowest BCUT2D eigenvalue weighted by Crippen LogP contribution is -2.39. The van der Waals surface area contributed by atoms with Crippen LogP contribution in [0.3, 0.4) is 0 Å². The highest BCUT2D eigenvalue weighted by Gasteiger charge is 2.51. The number of nitrogens with zero attached hydrogens (tertiary/aromatic N) is 1. The summed E-state index contributed by atoms with van der Waals surface area (Å²) in [5.74, 6) is 0.461. The molecule has 0 spiro atoms. The highest BCUT2D eigenvalue weighted by molar-refractivity contribution is 5.71. The molecule has 0 unspecified atom stereocenters. The van der Waals surface area contributed by atoms with E-state index in [-0.39, 0.29) is 18.2 Å². The number of cyclic esters (lactones) is 1. The van der Waals surface area contributed by atoms with E-state index in [1.54, 1.807) is 4.90 Å². The van der Waals surface area contributed by atoms with Crippen LogP contribution < -0.4 is 5.48 Å². The van der Waals surface area contributed by atoms with Gasteiger partial charge in [0.25, 0.3) is 0 Å². The first-order chi connectivity index (χ1) is 5.86. The number of nitrogens with one attached hydrogen (secondary N) is 1. The molecule has 0 aromatic carbocycles. The zero-order valence-electron chi connectivity index (χ0n) is 6.53. The van der Waals surface area contributed by atoms with Crippen LogP contribution in [0.5, 0.6) is 0 Å². The zero-order valence-corrected chi connectivity index (χ0v) is 6.53. The van der Waals surface area contributed by atoms with Gasteiger partial charge >= 0.3 is 6.09 Å². The summed E-state index contributed by atoms with van der Waals surface area (Å²) in [6.45, 7) is 2.00. The van der Waals surface area contributed by atoms with Crippen LogP contribution in [0.1, 0.15) is 0 Å². The highest BCUT2D eigenvalue weighted by atomic mass is 16.7. The Hall–Kier alpha value is -0.810. The number of rotatable bonds is 0. The minimum Gasteiger partial charge on any atom is -0.447 e. The van der Waals surface area contributed by atoms with Gasteiger partial charge in [0, 0.05) is 12.5 Å². The SMILES string of the molecule is O=C1OC[C@H]2[C@@H]3NOC[C@@H]3CN12. The van der Waals surface area contributed by atoms with Gasteiger partial charge in [-0.05, 0) is 0 Å². The standard InChI is InChI=1S/C7H10N2O3/c10-7-9-1-4-2-12-8-6(4)5(9)3-11-7/h4-6,8H,1-3H2/t4-,5-,6+/m0/s1. The third-order valence-electron chi connectivity index (χ3n) is 2.88. The summed E-state index contributed by atoms with van der Waals surface area (Å²) >= 11 is 0. The van der Waals surface area contributed by atoms with Crippen LogP contribution in [0.2, 0.25) is 0 Å². The van der Waals surface area contributed by atoms with Crippen LogP contribution in [0.4, 0.5) is 4.79 Å². The third kappa shape index (κ3) is 0.676. The molecule has 5 heteroatoms. The maximum atomic E-state index is 11.1. The van der Waals surface area contributed by atoms with Crippen molar-refractivity contribution in [3.63, 3.8) is 0 Å². The monoisotopic (exact) mass is 170 g/mol. The van der Waals surface area contributed by atoms with E-state index in [4.69, 9.17) is 9.57 Å². The summed E-state index contributed by atoms with van der Waals surface area (Å²) < 4.78 is 4.92. The highest BCUT2D eigenvalue weighted by Crippen LogP contribution is 2.31. The summed E-state index contributed by atoms with van der Waals surface area (Å²) in [6.07, 6.45) is -0.170. The zero-order chi connectivity index (χ0) is 8.13. The molecule has 1 N–H and O–H groups in total. The molecule has 3 rings (SSSR count). The van der Waals surface area contributed by atoms with Crippen LogP contribution in [0, 0.1) is 5.92 Å². The Bertz CT molecular complexity index is 233. The van der Waals surface area contributed by atoms with Gasteiger partial charge in [-0.3, -0.25) is 4.90 Å². The first kappa shape index (κ1) is 6.68. The number of hydrogen-bond acceptors (Lipinski definition) is 4. The molecule has 5 nitrogen and oxygen atoms in total. The van der Waals surface area contributed by atoms with Crippen molar-refractivity contribution in [2.45, 2.75) is 12.1 Å². The van der Waals surface area contributed by atoms with Crippen molar-refractivity contribution in [2.75, 3.05) is 19.8 Å². The fourth-order valence-corrected chi connectivity index (χ4v) is 2.24. The van der Waals surface area contributed by atoms with E-state index >= 15 is 0 Å². The third-order valence-corrected chi connectivity index (χ3v) is 2.88. The lowest BCUT2D eigenvalue weighted by Gasteiger charge is -2.14. The van der Waals surface area contributed by atoms with E-state index in [2.05, 4.69) is 5.48 Å². The molecule has 1 amide bonds. The molecule has 3 aliphatic rings. The van der Waals surface area contributed by atoms with Crippen molar-refractivity contribution in [3.05, 3.63) is 0 Å². The normalized spacial score (nSPS) is 44.5. The molecule has 0 aliphatic carbocycles. The number of fused-ring (bicyclic) bond motifs is 3. The predicted molar refractivity (Wildman–Crippen MR) is 38.2 cm³/mol. The average Bonchev–Trinajstić information content (AvgIpc) is 2.63. The van der Waals surface area contributed by atoms with Crippen LogP contribution >= 0.6 is 0 Å². The first-order valence-corrected chi connectivity index (χ1v) is 4.17. The molecule has 3 heterocycles. The van der Waals surface area contributed by atoms with Crippen molar-refractivity contribution in [1.29, 1.82) is 0 Å². The maximum absolute atomic E-state index is 11.1. The van der Waals surface area contributed by atoms with Gasteiger partial charge in [-0.1, -0.05) is 0 Å². The number of carbonyl (C=O) groups excluding carboxylic acids is 1. The number of carbonyl (C=O) groups is 1. The van der Waals surface area contributed by atoms with Gasteiger partial charge in [-0.25, -0.2) is 4.79 Å². The van der Waals surface area contributed by atoms with Crippen LogP contribution in [0.15, 0.2) is 0 Å². The van der Waals surface area contributed by atoms with Crippen molar-refractivity contribution in [3.8, 4) is 0 Å². The molecule has 12 heavy (non-hydrogen) atoms.